The van der Waals surface area contributed by atoms with Gasteiger partial charge in [-0.25, -0.2) is 4.98 Å². The molecule has 1 N–H and O–H groups in total. The second-order valence-corrected chi connectivity index (χ2v) is 11.8. The van der Waals surface area contributed by atoms with Crippen molar-refractivity contribution < 1.29 is 19.6 Å². The van der Waals surface area contributed by atoms with Gasteiger partial charge in [0, 0.05) is 24.1 Å². The molecule has 0 bridgehead atoms. The number of pyridine rings is 1. The van der Waals surface area contributed by atoms with Crippen LogP contribution in [0, 0.1) is 24.0 Å². The lowest BCUT2D eigenvalue weighted by molar-refractivity contribution is -0.384. The Labute approximate surface area is 247 Å². The van der Waals surface area contributed by atoms with E-state index in [0.29, 0.717) is 27.0 Å². The molecule has 4 heterocycles. The summed E-state index contributed by atoms with van der Waals surface area (Å²) in [6.07, 6.45) is 1.70. The summed E-state index contributed by atoms with van der Waals surface area (Å²) in [6.45, 7) is 3.71. The molecule has 3 aromatic heterocycles. The SMILES string of the molecule is Cc1ccc(CSc2nnc(N3C(=O)C(=O)C(=C(O)c4c(C)nc5ccccn45)C3c3ccc([N+](=O)[O-])cc3)s2)cc1. The van der Waals surface area contributed by atoms with Crippen molar-refractivity contribution in [3.05, 3.63) is 117 Å². The van der Waals surface area contributed by atoms with Gasteiger partial charge in [-0.15, -0.1) is 10.2 Å². The summed E-state index contributed by atoms with van der Waals surface area (Å²) in [7, 11) is 0. The van der Waals surface area contributed by atoms with Crippen molar-refractivity contribution in [2.45, 2.75) is 30.0 Å². The van der Waals surface area contributed by atoms with E-state index in [9.17, 15) is 24.8 Å². The number of nitro groups is 1. The zero-order valence-electron chi connectivity index (χ0n) is 22.3. The number of imidazole rings is 1. The van der Waals surface area contributed by atoms with Gasteiger partial charge in [0.2, 0.25) is 5.13 Å². The van der Waals surface area contributed by atoms with Gasteiger partial charge in [0.25, 0.3) is 11.5 Å². The number of hydrogen-bond acceptors (Lipinski definition) is 10. The van der Waals surface area contributed by atoms with Crippen molar-refractivity contribution in [2.24, 2.45) is 0 Å². The summed E-state index contributed by atoms with van der Waals surface area (Å²) >= 11 is 2.59. The topological polar surface area (TPSA) is 144 Å². The molecule has 42 heavy (non-hydrogen) atoms. The number of aryl methyl sites for hydroxylation is 2. The van der Waals surface area contributed by atoms with Gasteiger partial charge in [0.05, 0.1) is 22.2 Å². The number of fused-ring (bicyclic) bond motifs is 1. The molecule has 11 nitrogen and oxygen atoms in total. The number of carbonyl (C=O) groups is 2. The Morgan fingerprint density at radius 1 is 1.05 bits per heavy atom. The number of benzene rings is 2. The van der Waals surface area contributed by atoms with E-state index in [4.69, 9.17) is 0 Å². The Kier molecular flexibility index (Phi) is 7.04. The molecule has 0 saturated carbocycles. The van der Waals surface area contributed by atoms with Crippen molar-refractivity contribution in [1.82, 2.24) is 19.6 Å². The lowest BCUT2D eigenvalue weighted by atomic mass is 9.96. The van der Waals surface area contributed by atoms with Crippen LogP contribution in [0.2, 0.25) is 0 Å². The molecule has 0 radical (unpaired) electrons. The quantitative estimate of drug-likeness (QED) is 0.0479. The average molecular weight is 599 g/mol. The summed E-state index contributed by atoms with van der Waals surface area (Å²) in [5, 5.41) is 31.6. The van der Waals surface area contributed by atoms with Crippen LogP contribution in [0.25, 0.3) is 11.4 Å². The van der Waals surface area contributed by atoms with Gasteiger partial charge in [0.1, 0.15) is 11.3 Å². The largest absolute Gasteiger partial charge is 0.505 e. The highest BCUT2D eigenvalue weighted by Gasteiger charge is 2.49. The summed E-state index contributed by atoms with van der Waals surface area (Å²) in [6, 6.07) is 17.8. The molecule has 1 saturated heterocycles. The molecule has 210 valence electrons. The molecule has 5 aromatic rings. The highest BCUT2D eigenvalue weighted by molar-refractivity contribution is 8.00. The number of Topliss-reactive ketones (excluding diaryl/α,β-unsaturated/α-hetero) is 1. The fraction of sp³-hybridized carbons (Fsp3) is 0.138. The van der Waals surface area contributed by atoms with Crippen LogP contribution in [0.1, 0.15) is 34.1 Å². The molecular weight excluding hydrogens is 576 g/mol. The van der Waals surface area contributed by atoms with E-state index >= 15 is 0 Å². The van der Waals surface area contributed by atoms with Crippen molar-refractivity contribution in [2.75, 3.05) is 4.90 Å². The minimum atomic E-state index is -1.11. The number of thioether (sulfide) groups is 1. The molecular formula is C29H22N6O5S2. The Balaban J connectivity index is 1.44. The predicted molar refractivity (Wildman–Crippen MR) is 158 cm³/mol. The lowest BCUT2D eigenvalue weighted by Gasteiger charge is -2.22. The van der Waals surface area contributed by atoms with Gasteiger partial charge in [-0.05, 0) is 49.2 Å². The molecule has 1 unspecified atom stereocenters. The fourth-order valence-corrected chi connectivity index (χ4v) is 6.66. The number of rotatable bonds is 7. The molecule has 0 spiro atoms. The zero-order chi connectivity index (χ0) is 29.5. The first-order valence-corrected chi connectivity index (χ1v) is 14.5. The van der Waals surface area contributed by atoms with Crippen molar-refractivity contribution in [3.8, 4) is 0 Å². The predicted octanol–water partition coefficient (Wildman–Crippen LogP) is 5.63. The van der Waals surface area contributed by atoms with Gasteiger partial charge in [-0.1, -0.05) is 59.0 Å². The van der Waals surface area contributed by atoms with Gasteiger partial charge >= 0.3 is 5.91 Å². The number of aromatic nitrogens is 4. The van der Waals surface area contributed by atoms with Gasteiger partial charge in [0.15, 0.2) is 10.1 Å². The number of anilines is 1. The summed E-state index contributed by atoms with van der Waals surface area (Å²) in [4.78, 5) is 43.6. The van der Waals surface area contributed by atoms with Crippen LogP contribution in [-0.2, 0) is 15.3 Å². The molecule has 13 heteroatoms. The average Bonchev–Trinajstić information content (AvgIpc) is 3.66. The number of nitro benzene ring substituents is 1. The highest BCUT2D eigenvalue weighted by atomic mass is 32.2. The number of amides is 1. The lowest BCUT2D eigenvalue weighted by Crippen LogP contribution is -2.29. The minimum Gasteiger partial charge on any atom is -0.505 e. The van der Waals surface area contributed by atoms with E-state index < -0.39 is 28.4 Å². The van der Waals surface area contributed by atoms with E-state index in [-0.39, 0.29) is 22.1 Å². The van der Waals surface area contributed by atoms with E-state index in [1.165, 1.54) is 40.9 Å². The van der Waals surface area contributed by atoms with E-state index in [1.54, 1.807) is 35.7 Å². The van der Waals surface area contributed by atoms with Crippen LogP contribution >= 0.6 is 23.1 Å². The first-order valence-electron chi connectivity index (χ1n) is 12.7. The van der Waals surface area contributed by atoms with E-state index in [0.717, 1.165) is 22.5 Å². The minimum absolute atomic E-state index is 0.154. The molecule has 1 aliphatic heterocycles. The third-order valence-electron chi connectivity index (χ3n) is 6.88. The number of nitrogens with zero attached hydrogens (tertiary/aromatic N) is 6. The zero-order valence-corrected chi connectivity index (χ0v) is 23.9. The number of non-ortho nitro benzene ring substituents is 1. The second kappa shape index (κ2) is 10.8. The van der Waals surface area contributed by atoms with Crippen molar-refractivity contribution in [3.63, 3.8) is 0 Å². The summed E-state index contributed by atoms with van der Waals surface area (Å²) < 4.78 is 2.22. The molecule has 1 atom stereocenters. The number of hydrogen-bond donors (Lipinski definition) is 1. The molecule has 0 aliphatic carbocycles. The van der Waals surface area contributed by atoms with Crippen LogP contribution in [0.15, 0.2) is 82.8 Å². The molecule has 6 rings (SSSR count). The van der Waals surface area contributed by atoms with Gasteiger partial charge in [-0.2, -0.15) is 0 Å². The monoisotopic (exact) mass is 598 g/mol. The maximum absolute atomic E-state index is 13.6. The van der Waals surface area contributed by atoms with Crippen LogP contribution in [-0.4, -0.2) is 41.3 Å². The van der Waals surface area contributed by atoms with Crippen LogP contribution in [0.4, 0.5) is 10.8 Å². The van der Waals surface area contributed by atoms with Crippen LogP contribution in [0.3, 0.4) is 0 Å². The Bertz CT molecular complexity index is 1900. The third-order valence-corrected chi connectivity index (χ3v) is 9.00. The number of carbonyl (C=O) groups excluding carboxylic acids is 2. The Morgan fingerprint density at radius 2 is 1.79 bits per heavy atom. The second-order valence-electron chi connectivity index (χ2n) is 9.62. The maximum Gasteiger partial charge on any atom is 0.301 e. The summed E-state index contributed by atoms with van der Waals surface area (Å²) in [5.74, 6) is -1.58. The molecule has 2 aromatic carbocycles. The van der Waals surface area contributed by atoms with E-state index in [1.807, 2.05) is 31.2 Å². The van der Waals surface area contributed by atoms with E-state index in [2.05, 4.69) is 15.2 Å². The van der Waals surface area contributed by atoms with Crippen LogP contribution in [0.5, 0.6) is 0 Å². The standard InChI is InChI=1S/C29H22N6O5S2/c1-16-6-8-18(9-7-16)15-41-29-32-31-28(42-29)34-24(19-10-12-20(13-11-19)35(39)40)22(26(37)27(34)38)25(36)23-17(2)30-21-5-3-4-14-33(21)23/h3-14,24,36H,15H2,1-2H3. The van der Waals surface area contributed by atoms with Gasteiger partial charge in [-0.3, -0.25) is 29.0 Å². The molecule has 1 fully saturated rings. The van der Waals surface area contributed by atoms with Crippen molar-refractivity contribution >= 4 is 57.0 Å². The van der Waals surface area contributed by atoms with Crippen molar-refractivity contribution in [1.29, 1.82) is 0 Å². The first kappa shape index (κ1) is 27.3. The summed E-state index contributed by atoms with van der Waals surface area (Å²) in [5.41, 5.74) is 3.58. The number of ketones is 1. The number of aliphatic hydroxyl groups is 1. The highest BCUT2D eigenvalue weighted by Crippen LogP contribution is 2.44. The fourth-order valence-electron chi connectivity index (χ4n) is 4.84. The van der Waals surface area contributed by atoms with Gasteiger partial charge < -0.3 is 5.11 Å². The molecule has 1 aliphatic rings. The maximum atomic E-state index is 13.6. The first-order chi connectivity index (χ1) is 20.2. The Morgan fingerprint density at radius 3 is 2.50 bits per heavy atom. The smallest absolute Gasteiger partial charge is 0.301 e. The normalized spacial score (nSPS) is 16.4. The third kappa shape index (κ3) is 4.82. The molecule has 1 amide bonds. The number of aliphatic hydroxyl groups excluding tert-OH is 1. The Hall–Kier alpha value is -4.88. The van der Waals surface area contributed by atoms with Crippen LogP contribution < -0.4 is 4.90 Å².